The van der Waals surface area contributed by atoms with Gasteiger partial charge >= 0.3 is 0 Å². The number of hydrogen-bond acceptors (Lipinski definition) is 5. The number of anilines is 3. The number of rotatable bonds is 5. The van der Waals surface area contributed by atoms with Crippen molar-refractivity contribution in [2.45, 2.75) is 19.8 Å². The maximum Gasteiger partial charge on any atom is 0.137 e. The van der Waals surface area contributed by atoms with Crippen molar-refractivity contribution in [1.29, 1.82) is 0 Å². The molecule has 2 rings (SSSR count). The average molecular weight is 307 g/mol. The van der Waals surface area contributed by atoms with Gasteiger partial charge in [0.1, 0.15) is 23.2 Å². The third-order valence-corrected chi connectivity index (χ3v) is 3.24. The molecule has 21 heavy (non-hydrogen) atoms. The lowest BCUT2D eigenvalue weighted by molar-refractivity contribution is 0.415. The molecule has 0 spiro atoms. The van der Waals surface area contributed by atoms with E-state index in [0.29, 0.717) is 10.8 Å². The summed E-state index contributed by atoms with van der Waals surface area (Å²) in [4.78, 5) is 8.94. The van der Waals surface area contributed by atoms with Crippen LogP contribution in [0.3, 0.4) is 0 Å². The van der Waals surface area contributed by atoms with Crippen LogP contribution >= 0.6 is 11.6 Å². The zero-order valence-electron chi connectivity index (χ0n) is 12.6. The van der Waals surface area contributed by atoms with E-state index in [1.54, 1.807) is 13.2 Å². The summed E-state index contributed by atoms with van der Waals surface area (Å²) in [6.45, 7) is 4.12. The summed E-state index contributed by atoms with van der Waals surface area (Å²) in [5, 5.41) is 6.83. The van der Waals surface area contributed by atoms with E-state index in [1.807, 2.05) is 25.2 Å². The maximum absolute atomic E-state index is 6.13. The zero-order chi connectivity index (χ0) is 15.4. The van der Waals surface area contributed by atoms with E-state index in [4.69, 9.17) is 16.3 Å². The number of aromatic nitrogens is 2. The summed E-state index contributed by atoms with van der Waals surface area (Å²) in [5.74, 6) is 3.17. The van der Waals surface area contributed by atoms with E-state index in [2.05, 4.69) is 34.4 Å². The molecule has 6 heteroatoms. The highest BCUT2D eigenvalue weighted by Gasteiger charge is 2.08. The van der Waals surface area contributed by atoms with Gasteiger partial charge in [-0.1, -0.05) is 25.4 Å². The van der Waals surface area contributed by atoms with Gasteiger partial charge in [-0.2, -0.15) is 0 Å². The van der Waals surface area contributed by atoms with E-state index >= 15 is 0 Å². The Kier molecular flexibility index (Phi) is 4.85. The van der Waals surface area contributed by atoms with Crippen LogP contribution in [0.4, 0.5) is 17.3 Å². The second-order valence-electron chi connectivity index (χ2n) is 4.88. The van der Waals surface area contributed by atoms with Gasteiger partial charge in [-0.25, -0.2) is 9.97 Å². The molecule has 5 nitrogen and oxygen atoms in total. The Morgan fingerprint density at radius 3 is 2.43 bits per heavy atom. The third kappa shape index (κ3) is 3.76. The molecule has 1 heterocycles. The third-order valence-electron chi connectivity index (χ3n) is 2.94. The predicted molar refractivity (Wildman–Crippen MR) is 87.0 cm³/mol. The second-order valence-corrected chi connectivity index (χ2v) is 5.28. The fraction of sp³-hybridized carbons (Fsp3) is 0.333. The number of benzene rings is 1. The van der Waals surface area contributed by atoms with Gasteiger partial charge in [0, 0.05) is 24.7 Å². The molecule has 0 aliphatic rings. The summed E-state index contributed by atoms with van der Waals surface area (Å²) in [6.07, 6.45) is 0. The molecule has 0 fully saturated rings. The summed E-state index contributed by atoms with van der Waals surface area (Å²) in [7, 11) is 3.42. The van der Waals surface area contributed by atoms with Crippen molar-refractivity contribution in [3.05, 3.63) is 35.1 Å². The first-order chi connectivity index (χ1) is 10.0. The van der Waals surface area contributed by atoms with Crippen LogP contribution in [0.2, 0.25) is 5.02 Å². The average Bonchev–Trinajstić information content (AvgIpc) is 2.47. The SMILES string of the molecule is CNc1cc(Nc2ccc(OC)c(Cl)c2)nc(C(C)C)n1. The topological polar surface area (TPSA) is 59.1 Å². The van der Waals surface area contributed by atoms with E-state index in [0.717, 1.165) is 23.1 Å². The summed E-state index contributed by atoms with van der Waals surface area (Å²) in [6, 6.07) is 7.36. The van der Waals surface area contributed by atoms with E-state index in [-0.39, 0.29) is 5.92 Å². The minimum atomic E-state index is 0.248. The van der Waals surface area contributed by atoms with Gasteiger partial charge in [-0.15, -0.1) is 0 Å². The molecule has 1 aromatic carbocycles. The fourth-order valence-corrected chi connectivity index (χ4v) is 2.07. The molecule has 0 saturated heterocycles. The van der Waals surface area contributed by atoms with Crippen LogP contribution < -0.4 is 15.4 Å². The minimum Gasteiger partial charge on any atom is -0.495 e. The van der Waals surface area contributed by atoms with Crippen LogP contribution in [0.5, 0.6) is 5.75 Å². The Morgan fingerprint density at radius 2 is 1.86 bits per heavy atom. The Hall–Kier alpha value is -2.01. The number of hydrogen-bond donors (Lipinski definition) is 2. The molecule has 0 aliphatic carbocycles. The van der Waals surface area contributed by atoms with Gasteiger partial charge in [-0.3, -0.25) is 0 Å². The molecule has 112 valence electrons. The highest BCUT2D eigenvalue weighted by atomic mass is 35.5. The first-order valence-corrected chi connectivity index (χ1v) is 7.08. The van der Waals surface area contributed by atoms with Crippen LogP contribution in [0.15, 0.2) is 24.3 Å². The van der Waals surface area contributed by atoms with Gasteiger partial charge in [0.15, 0.2) is 0 Å². The molecule has 2 aromatic rings. The van der Waals surface area contributed by atoms with Crippen molar-refractivity contribution in [2.24, 2.45) is 0 Å². The molecule has 0 atom stereocenters. The Labute approximate surface area is 129 Å². The largest absolute Gasteiger partial charge is 0.495 e. The van der Waals surface area contributed by atoms with Gasteiger partial charge < -0.3 is 15.4 Å². The lowest BCUT2D eigenvalue weighted by Gasteiger charge is -2.12. The van der Waals surface area contributed by atoms with Crippen LogP contribution in [-0.2, 0) is 0 Å². The molecular weight excluding hydrogens is 288 g/mol. The zero-order valence-corrected chi connectivity index (χ0v) is 13.3. The van der Waals surface area contributed by atoms with E-state index in [1.165, 1.54) is 0 Å². The van der Waals surface area contributed by atoms with Crippen molar-refractivity contribution < 1.29 is 4.74 Å². The number of ether oxygens (including phenoxy) is 1. The summed E-state index contributed by atoms with van der Waals surface area (Å²) >= 11 is 6.13. The first-order valence-electron chi connectivity index (χ1n) is 6.70. The molecule has 0 aliphatic heterocycles. The summed E-state index contributed by atoms with van der Waals surface area (Å²) < 4.78 is 5.14. The van der Waals surface area contributed by atoms with Crippen molar-refractivity contribution in [2.75, 3.05) is 24.8 Å². The van der Waals surface area contributed by atoms with Gasteiger partial charge in [0.25, 0.3) is 0 Å². The van der Waals surface area contributed by atoms with Crippen molar-refractivity contribution in [1.82, 2.24) is 9.97 Å². The van der Waals surface area contributed by atoms with Gasteiger partial charge in [0.2, 0.25) is 0 Å². The first kappa shape index (κ1) is 15.4. The molecule has 0 amide bonds. The molecule has 0 saturated carbocycles. The molecule has 0 unspecified atom stereocenters. The molecule has 2 N–H and O–H groups in total. The standard InChI is InChI=1S/C15H19ClN4O/c1-9(2)15-19-13(17-3)8-14(20-15)18-10-5-6-12(21-4)11(16)7-10/h5-9H,1-4H3,(H2,17,18,19,20). The highest BCUT2D eigenvalue weighted by molar-refractivity contribution is 6.32. The fourth-order valence-electron chi connectivity index (χ4n) is 1.81. The van der Waals surface area contributed by atoms with Crippen molar-refractivity contribution in [3.63, 3.8) is 0 Å². The van der Waals surface area contributed by atoms with Crippen molar-refractivity contribution >= 4 is 28.9 Å². The van der Waals surface area contributed by atoms with E-state index in [9.17, 15) is 0 Å². The lowest BCUT2D eigenvalue weighted by Crippen LogP contribution is -2.05. The Bertz CT molecular complexity index is 631. The van der Waals surface area contributed by atoms with Crippen LogP contribution in [0.25, 0.3) is 0 Å². The predicted octanol–water partition coefficient (Wildman–Crippen LogP) is 4.05. The van der Waals surface area contributed by atoms with Gasteiger partial charge in [0.05, 0.1) is 12.1 Å². The van der Waals surface area contributed by atoms with E-state index < -0.39 is 0 Å². The quantitative estimate of drug-likeness (QED) is 0.873. The number of methoxy groups -OCH3 is 1. The van der Waals surface area contributed by atoms with Crippen LogP contribution in [-0.4, -0.2) is 24.1 Å². The lowest BCUT2D eigenvalue weighted by atomic mass is 10.2. The molecule has 1 aromatic heterocycles. The minimum absolute atomic E-state index is 0.248. The number of nitrogens with zero attached hydrogens (tertiary/aromatic N) is 2. The van der Waals surface area contributed by atoms with Crippen molar-refractivity contribution in [3.8, 4) is 5.75 Å². The smallest absolute Gasteiger partial charge is 0.137 e. The monoisotopic (exact) mass is 306 g/mol. The maximum atomic E-state index is 6.13. The Balaban J connectivity index is 2.30. The Morgan fingerprint density at radius 1 is 1.14 bits per heavy atom. The molecule has 0 bridgehead atoms. The van der Waals surface area contributed by atoms with Gasteiger partial charge in [-0.05, 0) is 18.2 Å². The second kappa shape index (κ2) is 6.63. The molecular formula is C15H19ClN4O. The van der Waals surface area contributed by atoms with Crippen LogP contribution in [0.1, 0.15) is 25.6 Å². The number of nitrogens with one attached hydrogen (secondary N) is 2. The highest BCUT2D eigenvalue weighted by Crippen LogP contribution is 2.29. The summed E-state index contributed by atoms with van der Waals surface area (Å²) in [5.41, 5.74) is 0.844. The molecule has 0 radical (unpaired) electrons. The normalized spacial score (nSPS) is 10.6. The number of halogens is 1. The van der Waals surface area contributed by atoms with Crippen LogP contribution in [0, 0.1) is 0 Å².